The highest BCUT2D eigenvalue weighted by atomic mass is 127. The summed E-state index contributed by atoms with van der Waals surface area (Å²) < 4.78 is 50.3. The summed E-state index contributed by atoms with van der Waals surface area (Å²) in [6, 6.07) is 8.45. The van der Waals surface area contributed by atoms with Gasteiger partial charge in [-0.3, -0.25) is 0 Å². The van der Waals surface area contributed by atoms with Crippen LogP contribution in [0.1, 0.15) is 66.3 Å². The zero-order valence-corrected chi connectivity index (χ0v) is 30.3. The Hall–Kier alpha value is -2.48. The largest absolute Gasteiger partial charge is 0.493 e. The fourth-order valence-corrected chi connectivity index (χ4v) is 8.89. The molecule has 1 saturated carbocycles. The number of nitrogens with one attached hydrogen (secondary N) is 1. The Bertz CT molecular complexity index is 1650. The monoisotopic (exact) mass is 781 g/mol. The second kappa shape index (κ2) is 15.8. The number of aliphatic hydroxyl groups is 1. The number of halogens is 4. The van der Waals surface area contributed by atoms with Crippen molar-refractivity contribution in [2.75, 3.05) is 20.8 Å². The number of hydrogen-bond donors (Lipinski definition) is 2. The van der Waals surface area contributed by atoms with Gasteiger partial charge < -0.3 is 19.9 Å². The Balaban J connectivity index is 1.13. The summed E-state index contributed by atoms with van der Waals surface area (Å²) in [5, 5.41) is 15.3. The molecule has 2 aromatic heterocycles. The number of aromatic nitrogens is 2. The van der Waals surface area contributed by atoms with Gasteiger partial charge in [0.05, 0.1) is 32.4 Å². The Morgan fingerprint density at radius 2 is 1.91 bits per heavy atom. The molecule has 0 saturated heterocycles. The third kappa shape index (κ3) is 9.16. The summed E-state index contributed by atoms with van der Waals surface area (Å²) in [6.45, 7) is 5.06. The molecule has 0 aliphatic heterocycles. The molecule has 1 fully saturated rings. The highest BCUT2D eigenvalue weighted by molar-refractivity contribution is 14.1. The van der Waals surface area contributed by atoms with Gasteiger partial charge in [0.15, 0.2) is 11.5 Å². The molecule has 1 unspecified atom stereocenters. The quantitative estimate of drug-likeness (QED) is 0.142. The number of hydrogen-bond acceptors (Lipinski definition) is 7. The van der Waals surface area contributed by atoms with Gasteiger partial charge in [0.1, 0.15) is 11.2 Å². The number of ether oxygens (including phenoxy) is 2. The van der Waals surface area contributed by atoms with Crippen molar-refractivity contribution in [3.63, 3.8) is 0 Å². The molecule has 0 amide bonds. The molecule has 0 bridgehead atoms. The number of aryl methyl sites for hydroxylation is 2. The number of thiophene rings is 1. The first-order valence-electron chi connectivity index (χ1n) is 16.1. The lowest BCUT2D eigenvalue weighted by atomic mass is 9.95. The van der Waals surface area contributed by atoms with Crippen molar-refractivity contribution in [1.82, 2.24) is 15.3 Å². The highest BCUT2D eigenvalue weighted by Gasteiger charge is 2.37. The number of fused-ring (bicyclic) bond motifs is 1. The van der Waals surface area contributed by atoms with Crippen LogP contribution in [0.5, 0.6) is 0 Å². The SMILES string of the molecule is COC1=C/C(c2ccc(CCN[C@H]3C[C@@H](O)[C@@H](C(I)CCc4ncnc5sc(CC(F)(F)F)cc45)C3)c(C)c2)=C/CCC(C)=C1OC. The smallest absolute Gasteiger partial charge is 0.393 e. The van der Waals surface area contributed by atoms with Crippen molar-refractivity contribution in [3.8, 4) is 0 Å². The van der Waals surface area contributed by atoms with Gasteiger partial charge in [-0.05, 0) is 111 Å². The van der Waals surface area contributed by atoms with E-state index in [-0.39, 0.29) is 26.9 Å². The summed E-state index contributed by atoms with van der Waals surface area (Å²) in [5.41, 5.74) is 6.77. The molecule has 6 nitrogen and oxygen atoms in total. The molecule has 254 valence electrons. The lowest BCUT2D eigenvalue weighted by Crippen LogP contribution is -2.29. The molecule has 3 aromatic rings. The van der Waals surface area contributed by atoms with Crippen LogP contribution in [-0.4, -0.2) is 58.1 Å². The number of allylic oxidation sites excluding steroid dienone is 4. The van der Waals surface area contributed by atoms with Gasteiger partial charge in [0.2, 0.25) is 0 Å². The van der Waals surface area contributed by atoms with Gasteiger partial charge in [0.25, 0.3) is 0 Å². The van der Waals surface area contributed by atoms with E-state index in [0.29, 0.717) is 23.1 Å². The van der Waals surface area contributed by atoms with E-state index in [1.165, 1.54) is 23.0 Å². The molecule has 47 heavy (non-hydrogen) atoms. The number of methoxy groups -OCH3 is 2. The molecule has 2 aliphatic rings. The van der Waals surface area contributed by atoms with Gasteiger partial charge in [-0.2, -0.15) is 13.2 Å². The van der Waals surface area contributed by atoms with E-state index in [2.05, 4.69) is 82.1 Å². The first-order valence-corrected chi connectivity index (χ1v) is 18.2. The summed E-state index contributed by atoms with van der Waals surface area (Å²) in [6.07, 6.45) is 5.94. The average molecular weight is 782 g/mol. The van der Waals surface area contributed by atoms with Crippen LogP contribution in [0.2, 0.25) is 0 Å². The second-order valence-corrected chi connectivity index (χ2v) is 15.3. The van der Waals surface area contributed by atoms with Gasteiger partial charge in [-0.15, -0.1) is 11.3 Å². The van der Waals surface area contributed by atoms with E-state index < -0.39 is 12.6 Å². The normalized spacial score (nSPS) is 22.4. The third-order valence-corrected chi connectivity index (χ3v) is 11.8. The minimum Gasteiger partial charge on any atom is -0.493 e. The molecule has 2 heterocycles. The molecule has 0 spiro atoms. The van der Waals surface area contributed by atoms with Gasteiger partial charge in [-0.1, -0.05) is 46.9 Å². The molecule has 4 atom stereocenters. The maximum atomic E-state index is 12.9. The van der Waals surface area contributed by atoms with Crippen LogP contribution in [0.25, 0.3) is 15.8 Å². The first-order chi connectivity index (χ1) is 22.5. The number of rotatable bonds is 12. The predicted octanol–water partition coefficient (Wildman–Crippen LogP) is 8.44. The van der Waals surface area contributed by atoms with Gasteiger partial charge in [0, 0.05) is 20.2 Å². The molecular weight excluding hydrogens is 738 g/mol. The fourth-order valence-electron chi connectivity index (χ4n) is 6.76. The summed E-state index contributed by atoms with van der Waals surface area (Å²) >= 11 is 3.50. The van der Waals surface area contributed by atoms with Crippen molar-refractivity contribution in [2.45, 2.75) is 87.5 Å². The molecule has 2 aliphatic carbocycles. The van der Waals surface area contributed by atoms with Crippen LogP contribution in [0.3, 0.4) is 0 Å². The van der Waals surface area contributed by atoms with Crippen LogP contribution >= 0.6 is 33.9 Å². The Morgan fingerprint density at radius 3 is 2.64 bits per heavy atom. The van der Waals surface area contributed by atoms with Crippen LogP contribution in [-0.2, 0) is 28.7 Å². The van der Waals surface area contributed by atoms with Gasteiger partial charge >= 0.3 is 6.18 Å². The van der Waals surface area contributed by atoms with E-state index in [1.807, 2.05) is 0 Å². The molecule has 0 radical (unpaired) electrons. The zero-order chi connectivity index (χ0) is 33.7. The van der Waals surface area contributed by atoms with Crippen molar-refractivity contribution in [1.29, 1.82) is 0 Å². The fraction of sp³-hybridized carbons (Fsp3) is 0.500. The van der Waals surface area contributed by atoms with Crippen molar-refractivity contribution < 1.29 is 27.8 Å². The van der Waals surface area contributed by atoms with E-state index >= 15 is 0 Å². The first kappa shape index (κ1) is 35.8. The Labute approximate surface area is 292 Å². The molecule has 1 aromatic carbocycles. The molecule has 11 heteroatoms. The molecular formula is C36H43F3IN3O3S. The van der Waals surface area contributed by atoms with Crippen molar-refractivity contribution >= 4 is 49.7 Å². The zero-order valence-electron chi connectivity index (χ0n) is 27.3. The van der Waals surface area contributed by atoms with Crippen LogP contribution in [0.15, 0.2) is 59.8 Å². The molecule has 5 rings (SSSR count). The predicted molar refractivity (Wildman–Crippen MR) is 191 cm³/mol. The van der Waals surface area contributed by atoms with Crippen LogP contribution in [0, 0.1) is 12.8 Å². The molecule has 2 N–H and O–H groups in total. The Morgan fingerprint density at radius 1 is 1.11 bits per heavy atom. The van der Waals surface area contributed by atoms with E-state index in [4.69, 9.17) is 9.47 Å². The lowest BCUT2D eigenvalue weighted by Gasteiger charge is -2.21. The highest BCUT2D eigenvalue weighted by Crippen LogP contribution is 2.36. The Kier molecular flexibility index (Phi) is 12.1. The second-order valence-electron chi connectivity index (χ2n) is 12.6. The minimum absolute atomic E-state index is 0.147. The maximum absolute atomic E-state index is 12.9. The number of alkyl halides is 4. The summed E-state index contributed by atoms with van der Waals surface area (Å²) in [4.78, 5) is 9.44. The summed E-state index contributed by atoms with van der Waals surface area (Å²) in [7, 11) is 3.36. The van der Waals surface area contributed by atoms with Crippen molar-refractivity contribution in [3.05, 3.63) is 87.1 Å². The van der Waals surface area contributed by atoms with Crippen LogP contribution < -0.4 is 5.32 Å². The van der Waals surface area contributed by atoms with Gasteiger partial charge in [-0.25, -0.2) is 9.97 Å². The number of benzene rings is 1. The topological polar surface area (TPSA) is 76.5 Å². The standard InChI is InChI=1S/C36H43F3IN3O3S/c1-21-6-5-7-24(15-33(45-3)34(21)46-4)25-9-8-23(22(2)14-25)12-13-41-26-16-28(32(44)17-26)30(40)10-11-31-29-18-27(19-36(37,38)39)47-35(29)43-20-42-31/h7-9,14-15,18,20,26,28,30,32,41,44H,5-6,10-13,16-17,19H2,1-4H3/b24-7-,33-15?,34-21?/t26-,28-,30?,32-/m1/s1. The van der Waals surface area contributed by atoms with E-state index in [0.717, 1.165) is 78.3 Å². The lowest BCUT2D eigenvalue weighted by molar-refractivity contribution is -0.126. The van der Waals surface area contributed by atoms with E-state index in [1.54, 1.807) is 20.3 Å². The number of nitrogens with zero attached hydrogens (tertiary/aromatic N) is 2. The average Bonchev–Trinajstić information content (AvgIpc) is 3.60. The number of aliphatic hydroxyl groups excluding tert-OH is 1. The van der Waals surface area contributed by atoms with Crippen LogP contribution in [0.4, 0.5) is 13.2 Å². The van der Waals surface area contributed by atoms with E-state index in [9.17, 15) is 18.3 Å². The van der Waals surface area contributed by atoms with Crippen molar-refractivity contribution in [2.24, 2.45) is 5.92 Å². The summed E-state index contributed by atoms with van der Waals surface area (Å²) in [5.74, 6) is 1.69. The maximum Gasteiger partial charge on any atom is 0.393 e. The third-order valence-electron chi connectivity index (χ3n) is 9.24. The minimum atomic E-state index is -4.25.